The van der Waals surface area contributed by atoms with Gasteiger partial charge in [0.1, 0.15) is 0 Å². The van der Waals surface area contributed by atoms with E-state index in [2.05, 4.69) is 34.7 Å². The first-order chi connectivity index (χ1) is 11.2. The largest absolute Gasteiger partial charge is 0.355 e. The number of carbonyl (C=O) groups excluding carboxylic acids is 1. The van der Waals surface area contributed by atoms with E-state index in [0.717, 1.165) is 30.7 Å². The molecule has 0 aliphatic heterocycles. The van der Waals surface area contributed by atoms with Gasteiger partial charge in [0.05, 0.1) is 16.0 Å². The van der Waals surface area contributed by atoms with Crippen molar-refractivity contribution in [2.45, 2.75) is 44.1 Å². The highest BCUT2D eigenvalue weighted by Crippen LogP contribution is 2.20. The van der Waals surface area contributed by atoms with Crippen LogP contribution >= 0.6 is 23.1 Å². The first kappa shape index (κ1) is 18.0. The minimum absolute atomic E-state index is 0.0536. The third-order valence-corrected chi connectivity index (χ3v) is 5.60. The second-order valence-corrected chi connectivity index (χ2v) is 7.73. The van der Waals surface area contributed by atoms with Crippen molar-refractivity contribution in [3.8, 4) is 0 Å². The number of aryl methyl sites for hydroxylation is 1. The maximum Gasteiger partial charge on any atom is 0.232 e. The van der Waals surface area contributed by atoms with Crippen molar-refractivity contribution >= 4 is 29.0 Å². The maximum atomic E-state index is 12.1. The van der Waals surface area contributed by atoms with Gasteiger partial charge < -0.3 is 5.32 Å². The van der Waals surface area contributed by atoms with Crippen LogP contribution in [0.2, 0.25) is 0 Å². The molecule has 0 radical (unpaired) electrons. The summed E-state index contributed by atoms with van der Waals surface area (Å²) in [5.74, 6) is 0.906. The Morgan fingerprint density at radius 1 is 1.30 bits per heavy atom. The van der Waals surface area contributed by atoms with Crippen LogP contribution in [0.1, 0.15) is 36.5 Å². The molecule has 0 saturated carbocycles. The normalized spacial score (nSPS) is 12.1. The number of rotatable bonds is 9. The smallest absolute Gasteiger partial charge is 0.232 e. The molecule has 124 valence electrons. The molecule has 1 aromatic heterocycles. The van der Waals surface area contributed by atoms with Crippen LogP contribution in [0.3, 0.4) is 0 Å². The number of aromatic nitrogens is 1. The summed E-state index contributed by atoms with van der Waals surface area (Å²) >= 11 is 3.37. The molecule has 1 heterocycles. The Morgan fingerprint density at radius 2 is 2.09 bits per heavy atom. The molecule has 1 atom stereocenters. The van der Waals surface area contributed by atoms with Gasteiger partial charge in [0.25, 0.3) is 0 Å². The van der Waals surface area contributed by atoms with Crippen LogP contribution in [0.25, 0.3) is 0 Å². The third-order valence-electron chi connectivity index (χ3n) is 3.47. The molecule has 1 unspecified atom stereocenters. The molecule has 1 aromatic carbocycles. The number of thioether (sulfide) groups is 1. The van der Waals surface area contributed by atoms with Gasteiger partial charge in [-0.15, -0.1) is 23.1 Å². The second kappa shape index (κ2) is 9.73. The fourth-order valence-corrected chi connectivity index (χ4v) is 3.96. The number of amides is 1. The van der Waals surface area contributed by atoms with Crippen molar-refractivity contribution in [2.75, 3.05) is 6.54 Å². The molecule has 0 aliphatic rings. The zero-order valence-electron chi connectivity index (χ0n) is 13.7. The Balaban J connectivity index is 1.67. The van der Waals surface area contributed by atoms with Crippen LogP contribution in [0.5, 0.6) is 0 Å². The molecule has 23 heavy (non-hydrogen) atoms. The molecule has 2 aromatic rings. The summed E-state index contributed by atoms with van der Waals surface area (Å²) in [6.45, 7) is 4.81. The number of benzene rings is 1. The Labute approximate surface area is 146 Å². The first-order valence-electron chi connectivity index (χ1n) is 8.05. The quantitative estimate of drug-likeness (QED) is 0.742. The van der Waals surface area contributed by atoms with Gasteiger partial charge in [-0.3, -0.25) is 4.79 Å². The Bertz CT molecular complexity index is 598. The molecule has 0 fully saturated rings. The minimum Gasteiger partial charge on any atom is -0.355 e. The summed E-state index contributed by atoms with van der Waals surface area (Å²) in [7, 11) is 0. The van der Waals surface area contributed by atoms with E-state index in [9.17, 15) is 4.79 Å². The van der Waals surface area contributed by atoms with E-state index in [1.54, 1.807) is 23.1 Å². The Kier molecular flexibility index (Phi) is 7.62. The lowest BCUT2D eigenvalue weighted by Gasteiger charge is -2.11. The van der Waals surface area contributed by atoms with Crippen molar-refractivity contribution in [3.05, 3.63) is 52.0 Å². The fraction of sp³-hybridized carbons (Fsp3) is 0.444. The molecule has 1 amide bonds. The lowest BCUT2D eigenvalue weighted by molar-refractivity contribution is -0.120. The van der Waals surface area contributed by atoms with E-state index in [0.29, 0.717) is 6.54 Å². The van der Waals surface area contributed by atoms with Crippen LogP contribution < -0.4 is 5.32 Å². The van der Waals surface area contributed by atoms with Gasteiger partial charge in [0.2, 0.25) is 5.91 Å². The lowest BCUT2D eigenvalue weighted by Crippen LogP contribution is -2.32. The first-order valence-corrected chi connectivity index (χ1v) is 9.98. The average molecular weight is 349 g/mol. The predicted octanol–water partition coefficient (Wildman–Crippen LogP) is 4.08. The molecular formula is C18H24N2OS2. The number of nitrogens with zero attached hydrogens (tertiary/aromatic N) is 1. The molecule has 5 heteroatoms. The van der Waals surface area contributed by atoms with E-state index in [1.165, 1.54) is 10.6 Å². The molecule has 0 aliphatic carbocycles. The van der Waals surface area contributed by atoms with Crippen molar-refractivity contribution in [3.63, 3.8) is 0 Å². The Hall–Kier alpha value is -1.33. The predicted molar refractivity (Wildman–Crippen MR) is 100 cm³/mol. The molecule has 1 N–H and O–H groups in total. The van der Waals surface area contributed by atoms with Crippen molar-refractivity contribution in [2.24, 2.45) is 0 Å². The molecule has 0 spiro atoms. The zero-order valence-corrected chi connectivity index (χ0v) is 15.4. The highest BCUT2D eigenvalue weighted by molar-refractivity contribution is 7.99. The molecule has 0 saturated heterocycles. The SMILES string of the molecule is CCCc1nc(CSC(C)C(=O)NCCc2ccccc2)cs1. The number of hydrogen-bond acceptors (Lipinski definition) is 4. The van der Waals surface area contributed by atoms with Gasteiger partial charge in [-0.2, -0.15) is 0 Å². The van der Waals surface area contributed by atoms with E-state index in [4.69, 9.17) is 0 Å². The van der Waals surface area contributed by atoms with Crippen LogP contribution in [0.15, 0.2) is 35.7 Å². The number of nitrogens with one attached hydrogen (secondary N) is 1. The van der Waals surface area contributed by atoms with Crippen molar-refractivity contribution in [1.29, 1.82) is 0 Å². The zero-order chi connectivity index (χ0) is 16.5. The molecule has 2 rings (SSSR count). The molecule has 3 nitrogen and oxygen atoms in total. The van der Waals surface area contributed by atoms with Gasteiger partial charge >= 0.3 is 0 Å². The molecule has 0 bridgehead atoms. The monoisotopic (exact) mass is 348 g/mol. The standard InChI is InChI=1S/C18H24N2OS2/c1-3-7-17-20-16(13-23-17)12-22-14(2)18(21)19-11-10-15-8-5-4-6-9-15/h4-6,8-9,13-14H,3,7,10-12H2,1-2H3,(H,19,21). The van der Waals surface area contributed by atoms with Gasteiger partial charge in [0, 0.05) is 17.7 Å². The summed E-state index contributed by atoms with van der Waals surface area (Å²) in [6.07, 6.45) is 3.04. The van der Waals surface area contributed by atoms with E-state index < -0.39 is 0 Å². The van der Waals surface area contributed by atoms with Gasteiger partial charge in [-0.05, 0) is 31.7 Å². The van der Waals surface area contributed by atoms with Crippen LogP contribution in [-0.4, -0.2) is 22.7 Å². The van der Waals surface area contributed by atoms with Gasteiger partial charge in [-0.1, -0.05) is 37.3 Å². The summed E-state index contributed by atoms with van der Waals surface area (Å²) < 4.78 is 0. The maximum absolute atomic E-state index is 12.1. The summed E-state index contributed by atoms with van der Waals surface area (Å²) in [5, 5.41) is 6.27. The number of hydrogen-bond donors (Lipinski definition) is 1. The van der Waals surface area contributed by atoms with Gasteiger partial charge in [0.15, 0.2) is 0 Å². The summed E-state index contributed by atoms with van der Waals surface area (Å²) in [4.78, 5) is 16.7. The van der Waals surface area contributed by atoms with Crippen molar-refractivity contribution < 1.29 is 4.79 Å². The number of carbonyl (C=O) groups is 1. The van der Waals surface area contributed by atoms with E-state index in [1.807, 2.05) is 25.1 Å². The van der Waals surface area contributed by atoms with Crippen LogP contribution in [0, 0.1) is 0 Å². The lowest BCUT2D eigenvalue weighted by atomic mass is 10.1. The molecular weight excluding hydrogens is 324 g/mol. The average Bonchev–Trinajstić information content (AvgIpc) is 3.01. The number of thiazole rings is 1. The Morgan fingerprint density at radius 3 is 2.83 bits per heavy atom. The summed E-state index contributed by atoms with van der Waals surface area (Å²) in [5.41, 5.74) is 2.34. The topological polar surface area (TPSA) is 42.0 Å². The minimum atomic E-state index is -0.0536. The van der Waals surface area contributed by atoms with E-state index in [-0.39, 0.29) is 11.2 Å². The fourth-order valence-electron chi connectivity index (χ4n) is 2.15. The van der Waals surface area contributed by atoms with E-state index >= 15 is 0 Å². The highest BCUT2D eigenvalue weighted by atomic mass is 32.2. The van der Waals surface area contributed by atoms with Crippen LogP contribution in [0.4, 0.5) is 0 Å². The second-order valence-electron chi connectivity index (χ2n) is 5.46. The summed E-state index contributed by atoms with van der Waals surface area (Å²) in [6, 6.07) is 10.2. The van der Waals surface area contributed by atoms with Gasteiger partial charge in [-0.25, -0.2) is 4.98 Å². The third kappa shape index (κ3) is 6.36. The van der Waals surface area contributed by atoms with Crippen molar-refractivity contribution in [1.82, 2.24) is 10.3 Å². The van der Waals surface area contributed by atoms with Crippen LogP contribution in [-0.2, 0) is 23.4 Å². The highest BCUT2D eigenvalue weighted by Gasteiger charge is 2.13.